The van der Waals surface area contributed by atoms with Crippen molar-refractivity contribution in [2.24, 2.45) is 0 Å². The van der Waals surface area contributed by atoms with E-state index in [4.69, 9.17) is 4.52 Å². The third-order valence-corrected chi connectivity index (χ3v) is 2.92. The van der Waals surface area contributed by atoms with Crippen molar-refractivity contribution in [3.63, 3.8) is 0 Å². The standard InChI is InChI=1S/C13H18N4O/c1-5-10(14-4)13-16-12(17-18-13)11-9(3)6-8(2)7-15-11/h6-7,10,14H,5H2,1-4H3. The molecule has 0 aliphatic rings. The molecule has 2 heterocycles. The predicted octanol–water partition coefficient (Wildman–Crippen LogP) is 2.42. The van der Waals surface area contributed by atoms with Gasteiger partial charge in [0.15, 0.2) is 0 Å². The molecule has 1 atom stereocenters. The first-order chi connectivity index (χ1) is 8.65. The van der Waals surface area contributed by atoms with Crippen LogP contribution in [0.2, 0.25) is 0 Å². The number of aromatic nitrogens is 3. The molecule has 2 aromatic heterocycles. The van der Waals surface area contributed by atoms with E-state index in [0.29, 0.717) is 11.7 Å². The minimum Gasteiger partial charge on any atom is -0.337 e. The Hall–Kier alpha value is -1.75. The van der Waals surface area contributed by atoms with E-state index in [2.05, 4.69) is 33.4 Å². The van der Waals surface area contributed by atoms with Crippen LogP contribution < -0.4 is 5.32 Å². The van der Waals surface area contributed by atoms with Crippen molar-refractivity contribution < 1.29 is 4.52 Å². The highest BCUT2D eigenvalue weighted by Crippen LogP contribution is 2.21. The van der Waals surface area contributed by atoms with Gasteiger partial charge in [-0.3, -0.25) is 4.98 Å². The molecule has 18 heavy (non-hydrogen) atoms. The fraction of sp³-hybridized carbons (Fsp3) is 0.462. The van der Waals surface area contributed by atoms with Crippen LogP contribution in [0.25, 0.3) is 11.5 Å². The molecular formula is C13H18N4O. The summed E-state index contributed by atoms with van der Waals surface area (Å²) in [7, 11) is 1.88. The SMILES string of the molecule is CCC(NC)c1nc(-c2ncc(C)cc2C)no1. The molecule has 2 aromatic rings. The zero-order valence-corrected chi connectivity index (χ0v) is 11.2. The van der Waals surface area contributed by atoms with E-state index in [1.54, 1.807) is 0 Å². The van der Waals surface area contributed by atoms with Crippen LogP contribution in [0.15, 0.2) is 16.8 Å². The van der Waals surface area contributed by atoms with Crippen LogP contribution in [0, 0.1) is 13.8 Å². The molecule has 1 N–H and O–H groups in total. The highest BCUT2D eigenvalue weighted by atomic mass is 16.5. The van der Waals surface area contributed by atoms with Crippen LogP contribution in [-0.4, -0.2) is 22.2 Å². The van der Waals surface area contributed by atoms with Crippen molar-refractivity contribution in [2.75, 3.05) is 7.05 Å². The normalized spacial score (nSPS) is 12.7. The van der Waals surface area contributed by atoms with Gasteiger partial charge in [0.1, 0.15) is 5.69 Å². The van der Waals surface area contributed by atoms with Gasteiger partial charge >= 0.3 is 0 Å². The first-order valence-corrected chi connectivity index (χ1v) is 6.10. The number of hydrogen-bond donors (Lipinski definition) is 1. The van der Waals surface area contributed by atoms with E-state index in [-0.39, 0.29) is 6.04 Å². The molecule has 0 saturated heterocycles. The molecule has 0 saturated carbocycles. The van der Waals surface area contributed by atoms with Gasteiger partial charge < -0.3 is 9.84 Å². The lowest BCUT2D eigenvalue weighted by molar-refractivity contribution is 0.334. The molecule has 0 aliphatic carbocycles. The second kappa shape index (κ2) is 5.27. The highest BCUT2D eigenvalue weighted by Gasteiger charge is 2.17. The molecule has 5 heteroatoms. The van der Waals surface area contributed by atoms with Crippen LogP contribution in [0.3, 0.4) is 0 Å². The Morgan fingerprint density at radius 2 is 2.17 bits per heavy atom. The number of nitrogens with one attached hydrogen (secondary N) is 1. The lowest BCUT2D eigenvalue weighted by atomic mass is 10.1. The van der Waals surface area contributed by atoms with E-state index >= 15 is 0 Å². The van der Waals surface area contributed by atoms with Crippen molar-refractivity contribution in [1.82, 2.24) is 20.4 Å². The van der Waals surface area contributed by atoms with Crippen LogP contribution >= 0.6 is 0 Å². The molecule has 0 fully saturated rings. The Kier molecular flexibility index (Phi) is 3.72. The molecule has 5 nitrogen and oxygen atoms in total. The maximum Gasteiger partial charge on any atom is 0.244 e. The minimum absolute atomic E-state index is 0.0944. The number of hydrogen-bond acceptors (Lipinski definition) is 5. The Labute approximate surface area is 107 Å². The first-order valence-electron chi connectivity index (χ1n) is 6.10. The molecular weight excluding hydrogens is 228 g/mol. The maximum absolute atomic E-state index is 5.28. The smallest absolute Gasteiger partial charge is 0.244 e. The van der Waals surface area contributed by atoms with E-state index < -0.39 is 0 Å². The fourth-order valence-corrected chi connectivity index (χ4v) is 1.92. The fourth-order valence-electron chi connectivity index (χ4n) is 1.92. The Balaban J connectivity index is 2.34. The number of pyridine rings is 1. The molecule has 0 amide bonds. The summed E-state index contributed by atoms with van der Waals surface area (Å²) in [5.41, 5.74) is 2.96. The molecule has 0 aliphatic heterocycles. The third kappa shape index (κ3) is 2.41. The average molecular weight is 246 g/mol. The quantitative estimate of drug-likeness (QED) is 0.897. The topological polar surface area (TPSA) is 63.8 Å². The summed E-state index contributed by atoms with van der Waals surface area (Å²) < 4.78 is 5.28. The molecule has 0 aromatic carbocycles. The van der Waals surface area contributed by atoms with E-state index in [1.165, 1.54) is 0 Å². The molecule has 0 radical (unpaired) electrons. The molecule has 2 rings (SSSR count). The predicted molar refractivity (Wildman–Crippen MR) is 69.1 cm³/mol. The van der Waals surface area contributed by atoms with Gasteiger partial charge in [0.2, 0.25) is 11.7 Å². The van der Waals surface area contributed by atoms with Gasteiger partial charge in [-0.25, -0.2) is 0 Å². The maximum atomic E-state index is 5.28. The third-order valence-electron chi connectivity index (χ3n) is 2.92. The van der Waals surface area contributed by atoms with Gasteiger partial charge in [-0.05, 0) is 38.4 Å². The lowest BCUT2D eigenvalue weighted by Gasteiger charge is -2.06. The van der Waals surface area contributed by atoms with Crippen molar-refractivity contribution in [3.8, 4) is 11.5 Å². The molecule has 96 valence electrons. The average Bonchev–Trinajstić information content (AvgIpc) is 2.80. The second-order valence-corrected chi connectivity index (χ2v) is 4.38. The summed E-state index contributed by atoms with van der Waals surface area (Å²) in [6, 6.07) is 2.16. The van der Waals surface area contributed by atoms with Crippen molar-refractivity contribution in [1.29, 1.82) is 0 Å². The summed E-state index contributed by atoms with van der Waals surface area (Å²) >= 11 is 0. The van der Waals surface area contributed by atoms with E-state index in [0.717, 1.165) is 23.2 Å². The van der Waals surface area contributed by atoms with Gasteiger partial charge in [0.25, 0.3) is 0 Å². The Morgan fingerprint density at radius 1 is 1.39 bits per heavy atom. The minimum atomic E-state index is 0.0944. The van der Waals surface area contributed by atoms with Gasteiger partial charge in [0, 0.05) is 6.20 Å². The molecule has 0 bridgehead atoms. The van der Waals surface area contributed by atoms with Gasteiger partial charge in [-0.15, -0.1) is 0 Å². The summed E-state index contributed by atoms with van der Waals surface area (Å²) in [6.45, 7) is 6.08. The summed E-state index contributed by atoms with van der Waals surface area (Å²) in [5.74, 6) is 1.16. The van der Waals surface area contributed by atoms with Crippen LogP contribution in [0.1, 0.15) is 36.4 Å². The first kappa shape index (κ1) is 12.7. The zero-order chi connectivity index (χ0) is 13.1. The van der Waals surface area contributed by atoms with Crippen LogP contribution in [-0.2, 0) is 0 Å². The van der Waals surface area contributed by atoms with Crippen LogP contribution in [0.5, 0.6) is 0 Å². The van der Waals surface area contributed by atoms with Crippen molar-refractivity contribution >= 4 is 0 Å². The van der Waals surface area contributed by atoms with Gasteiger partial charge in [-0.1, -0.05) is 18.1 Å². The Morgan fingerprint density at radius 3 is 2.78 bits per heavy atom. The lowest BCUT2D eigenvalue weighted by Crippen LogP contribution is -2.15. The highest BCUT2D eigenvalue weighted by molar-refractivity contribution is 5.54. The monoisotopic (exact) mass is 246 g/mol. The number of aryl methyl sites for hydroxylation is 2. The summed E-state index contributed by atoms with van der Waals surface area (Å²) in [6.07, 6.45) is 2.71. The molecule has 1 unspecified atom stereocenters. The number of rotatable bonds is 4. The largest absolute Gasteiger partial charge is 0.337 e. The van der Waals surface area contributed by atoms with Crippen molar-refractivity contribution in [3.05, 3.63) is 29.3 Å². The zero-order valence-electron chi connectivity index (χ0n) is 11.2. The number of nitrogens with zero attached hydrogens (tertiary/aromatic N) is 3. The van der Waals surface area contributed by atoms with Gasteiger partial charge in [0.05, 0.1) is 6.04 Å². The second-order valence-electron chi connectivity index (χ2n) is 4.38. The van der Waals surface area contributed by atoms with Gasteiger partial charge in [-0.2, -0.15) is 4.98 Å². The summed E-state index contributed by atoms with van der Waals surface area (Å²) in [5, 5.41) is 7.15. The van der Waals surface area contributed by atoms with Crippen LogP contribution in [0.4, 0.5) is 0 Å². The van der Waals surface area contributed by atoms with E-state index in [1.807, 2.05) is 27.1 Å². The summed E-state index contributed by atoms with van der Waals surface area (Å²) in [4.78, 5) is 8.78. The molecule has 0 spiro atoms. The Bertz CT molecular complexity index is 532. The van der Waals surface area contributed by atoms with E-state index in [9.17, 15) is 0 Å². The van der Waals surface area contributed by atoms with Crippen molar-refractivity contribution in [2.45, 2.75) is 33.2 Å².